The minimum Gasteiger partial charge on any atom is -0.493 e. The van der Waals surface area contributed by atoms with Gasteiger partial charge in [0.1, 0.15) is 5.75 Å². The Bertz CT molecular complexity index is 392. The fraction of sp³-hybridized carbons (Fsp3) is 0.625. The van der Waals surface area contributed by atoms with Crippen LogP contribution in [-0.4, -0.2) is 32.4 Å². The van der Waals surface area contributed by atoms with Crippen molar-refractivity contribution in [2.24, 2.45) is 0 Å². The van der Waals surface area contributed by atoms with Crippen molar-refractivity contribution in [3.05, 3.63) is 29.8 Å². The van der Waals surface area contributed by atoms with Gasteiger partial charge < -0.3 is 14.8 Å². The summed E-state index contributed by atoms with van der Waals surface area (Å²) in [5.74, 6) is 1.62. The van der Waals surface area contributed by atoms with Crippen LogP contribution in [0.1, 0.15) is 38.2 Å². The van der Waals surface area contributed by atoms with Gasteiger partial charge >= 0.3 is 0 Å². The zero-order valence-electron chi connectivity index (χ0n) is 12.2. The number of ether oxygens (including phenoxy) is 2. The number of hydrogen-bond donors (Lipinski definition) is 1. The van der Waals surface area contributed by atoms with Crippen molar-refractivity contribution in [2.45, 2.75) is 44.8 Å². The SMILES string of the molecule is CNC(COC(C)C)CC1CCOc2ccccc21. The molecule has 0 amide bonds. The molecule has 0 aromatic heterocycles. The first-order chi connectivity index (χ1) is 9.20. The maximum Gasteiger partial charge on any atom is 0.122 e. The Kier molecular flexibility index (Phi) is 5.23. The van der Waals surface area contributed by atoms with Crippen molar-refractivity contribution in [3.8, 4) is 5.75 Å². The third-order valence-corrected chi connectivity index (χ3v) is 3.69. The molecule has 1 aliphatic rings. The Morgan fingerprint density at radius 2 is 2.16 bits per heavy atom. The predicted molar refractivity (Wildman–Crippen MR) is 77.8 cm³/mol. The van der Waals surface area contributed by atoms with Crippen LogP contribution < -0.4 is 10.1 Å². The zero-order chi connectivity index (χ0) is 13.7. The van der Waals surface area contributed by atoms with E-state index in [-0.39, 0.29) is 6.10 Å². The first kappa shape index (κ1) is 14.4. The van der Waals surface area contributed by atoms with Crippen LogP contribution in [0.25, 0.3) is 0 Å². The third-order valence-electron chi connectivity index (χ3n) is 3.69. The van der Waals surface area contributed by atoms with E-state index in [9.17, 15) is 0 Å². The van der Waals surface area contributed by atoms with Crippen molar-refractivity contribution < 1.29 is 9.47 Å². The van der Waals surface area contributed by atoms with E-state index in [0.29, 0.717) is 12.0 Å². The quantitative estimate of drug-likeness (QED) is 0.856. The molecule has 1 aromatic carbocycles. The second-order valence-electron chi connectivity index (χ2n) is 5.48. The highest BCUT2D eigenvalue weighted by molar-refractivity contribution is 5.37. The monoisotopic (exact) mass is 263 g/mol. The van der Waals surface area contributed by atoms with E-state index in [0.717, 1.165) is 31.8 Å². The van der Waals surface area contributed by atoms with Crippen LogP contribution in [0.2, 0.25) is 0 Å². The van der Waals surface area contributed by atoms with E-state index >= 15 is 0 Å². The predicted octanol–water partition coefficient (Wildman–Crippen LogP) is 2.96. The van der Waals surface area contributed by atoms with E-state index in [1.807, 2.05) is 13.1 Å². The first-order valence-corrected chi connectivity index (χ1v) is 7.21. The summed E-state index contributed by atoms with van der Waals surface area (Å²) >= 11 is 0. The molecule has 3 nitrogen and oxygen atoms in total. The van der Waals surface area contributed by atoms with Gasteiger partial charge in [0.25, 0.3) is 0 Å². The molecule has 1 aliphatic heterocycles. The summed E-state index contributed by atoms with van der Waals surface area (Å²) in [5.41, 5.74) is 1.35. The first-order valence-electron chi connectivity index (χ1n) is 7.21. The number of para-hydroxylation sites is 1. The molecule has 19 heavy (non-hydrogen) atoms. The average molecular weight is 263 g/mol. The van der Waals surface area contributed by atoms with Gasteiger partial charge in [-0.1, -0.05) is 18.2 Å². The summed E-state index contributed by atoms with van der Waals surface area (Å²) in [6.45, 7) is 5.75. The topological polar surface area (TPSA) is 30.5 Å². The van der Waals surface area contributed by atoms with E-state index in [1.54, 1.807) is 0 Å². The molecule has 106 valence electrons. The van der Waals surface area contributed by atoms with E-state index in [1.165, 1.54) is 5.56 Å². The molecule has 1 heterocycles. The number of likely N-dealkylation sites (N-methyl/N-ethyl adjacent to an activating group) is 1. The molecule has 0 fully saturated rings. The van der Waals surface area contributed by atoms with Gasteiger partial charge in [-0.25, -0.2) is 0 Å². The standard InChI is InChI=1S/C16H25NO2/c1-12(2)19-11-14(17-3)10-13-8-9-18-16-7-5-4-6-15(13)16/h4-7,12-14,17H,8-11H2,1-3H3. The maximum atomic E-state index is 5.73. The number of rotatable bonds is 6. The highest BCUT2D eigenvalue weighted by Crippen LogP contribution is 2.36. The van der Waals surface area contributed by atoms with Gasteiger partial charge in [0.15, 0.2) is 0 Å². The molecule has 2 atom stereocenters. The van der Waals surface area contributed by atoms with Gasteiger partial charge in [0.05, 0.1) is 19.3 Å². The molecule has 0 saturated carbocycles. The Morgan fingerprint density at radius 3 is 2.89 bits per heavy atom. The number of hydrogen-bond acceptors (Lipinski definition) is 3. The molecule has 2 unspecified atom stereocenters. The number of benzene rings is 1. The number of nitrogens with one attached hydrogen (secondary N) is 1. The smallest absolute Gasteiger partial charge is 0.122 e. The van der Waals surface area contributed by atoms with Crippen LogP contribution in [0, 0.1) is 0 Å². The van der Waals surface area contributed by atoms with Crippen LogP contribution in [0.3, 0.4) is 0 Å². The Labute approximate surface area is 116 Å². The Balaban J connectivity index is 1.98. The lowest BCUT2D eigenvalue weighted by atomic mass is 9.87. The van der Waals surface area contributed by atoms with Gasteiger partial charge in [-0.2, -0.15) is 0 Å². The highest BCUT2D eigenvalue weighted by atomic mass is 16.5. The molecule has 0 aliphatic carbocycles. The van der Waals surface area contributed by atoms with Crippen LogP contribution in [0.15, 0.2) is 24.3 Å². The number of fused-ring (bicyclic) bond motifs is 1. The Hall–Kier alpha value is -1.06. The molecule has 2 rings (SSSR count). The second kappa shape index (κ2) is 6.92. The minimum atomic E-state index is 0.290. The van der Waals surface area contributed by atoms with Crippen LogP contribution in [0.5, 0.6) is 5.75 Å². The van der Waals surface area contributed by atoms with Crippen molar-refractivity contribution in [3.63, 3.8) is 0 Å². The van der Waals surface area contributed by atoms with Gasteiger partial charge in [0, 0.05) is 6.04 Å². The minimum absolute atomic E-state index is 0.290. The molecule has 0 saturated heterocycles. The van der Waals surface area contributed by atoms with E-state index < -0.39 is 0 Å². The van der Waals surface area contributed by atoms with E-state index in [2.05, 4.69) is 37.4 Å². The molecule has 1 aromatic rings. The molecule has 3 heteroatoms. The summed E-state index contributed by atoms with van der Waals surface area (Å²) < 4.78 is 11.4. The maximum absolute atomic E-state index is 5.73. The van der Waals surface area contributed by atoms with Crippen LogP contribution >= 0.6 is 0 Å². The lowest BCUT2D eigenvalue weighted by Gasteiger charge is -2.29. The van der Waals surface area contributed by atoms with Crippen molar-refractivity contribution >= 4 is 0 Å². The van der Waals surface area contributed by atoms with Crippen LogP contribution in [0.4, 0.5) is 0 Å². The Morgan fingerprint density at radius 1 is 1.37 bits per heavy atom. The fourth-order valence-corrected chi connectivity index (χ4v) is 2.58. The van der Waals surface area contributed by atoms with Crippen molar-refractivity contribution in [2.75, 3.05) is 20.3 Å². The van der Waals surface area contributed by atoms with Gasteiger partial charge in [-0.05, 0) is 51.3 Å². The van der Waals surface area contributed by atoms with Crippen molar-refractivity contribution in [1.82, 2.24) is 5.32 Å². The molecule has 0 radical (unpaired) electrons. The van der Waals surface area contributed by atoms with Gasteiger partial charge in [-0.15, -0.1) is 0 Å². The molecule has 0 bridgehead atoms. The third kappa shape index (κ3) is 3.95. The molecule has 1 N–H and O–H groups in total. The van der Waals surface area contributed by atoms with Gasteiger partial charge in [-0.3, -0.25) is 0 Å². The molecular formula is C16H25NO2. The summed E-state index contributed by atoms with van der Waals surface area (Å²) in [6.07, 6.45) is 2.48. The zero-order valence-corrected chi connectivity index (χ0v) is 12.2. The second-order valence-corrected chi connectivity index (χ2v) is 5.48. The summed E-state index contributed by atoms with van der Waals surface area (Å²) in [5, 5.41) is 3.37. The van der Waals surface area contributed by atoms with Gasteiger partial charge in [0.2, 0.25) is 0 Å². The van der Waals surface area contributed by atoms with Crippen LogP contribution in [-0.2, 0) is 4.74 Å². The summed E-state index contributed by atoms with van der Waals surface area (Å²) in [6, 6.07) is 8.80. The normalized spacial score (nSPS) is 19.9. The van der Waals surface area contributed by atoms with Crippen molar-refractivity contribution in [1.29, 1.82) is 0 Å². The largest absolute Gasteiger partial charge is 0.493 e. The molecular weight excluding hydrogens is 238 g/mol. The van der Waals surface area contributed by atoms with E-state index in [4.69, 9.17) is 9.47 Å². The summed E-state index contributed by atoms with van der Waals surface area (Å²) in [7, 11) is 2.01. The summed E-state index contributed by atoms with van der Waals surface area (Å²) in [4.78, 5) is 0. The lowest BCUT2D eigenvalue weighted by Crippen LogP contribution is -2.34. The fourth-order valence-electron chi connectivity index (χ4n) is 2.58. The lowest BCUT2D eigenvalue weighted by molar-refractivity contribution is 0.0586. The highest BCUT2D eigenvalue weighted by Gasteiger charge is 2.23. The molecule has 0 spiro atoms. The average Bonchev–Trinajstić information content (AvgIpc) is 2.43.